The maximum Gasteiger partial charge on any atom is 0.304 e. The number of halogens is 2. The number of aliphatic carboxylic acids is 1. The summed E-state index contributed by atoms with van der Waals surface area (Å²) in [6.45, 7) is 1.88. The van der Waals surface area contributed by atoms with Gasteiger partial charge in [-0.05, 0) is 44.3 Å². The zero-order valence-corrected chi connectivity index (χ0v) is 14.8. The van der Waals surface area contributed by atoms with E-state index in [1.807, 2.05) is 6.92 Å². The standard InChI is InChI=1S/C10H13Br2NO4S2/c1-2-3-6(4-9(14)15)13-19(16,17)7-5-8(11)18-10(7)12/h5-6,13H,2-4H2,1H3,(H,14,15). The Morgan fingerprint density at radius 2 is 2.16 bits per heavy atom. The van der Waals surface area contributed by atoms with E-state index in [9.17, 15) is 13.2 Å². The largest absolute Gasteiger partial charge is 0.481 e. The molecule has 0 saturated heterocycles. The molecule has 0 aliphatic carbocycles. The molecule has 0 saturated carbocycles. The molecule has 108 valence electrons. The number of thiophene rings is 1. The maximum atomic E-state index is 12.2. The van der Waals surface area contributed by atoms with E-state index in [1.165, 1.54) is 17.4 Å². The van der Waals surface area contributed by atoms with Crippen LogP contribution in [0.4, 0.5) is 0 Å². The van der Waals surface area contributed by atoms with E-state index in [0.717, 1.165) is 0 Å². The van der Waals surface area contributed by atoms with Crippen LogP contribution in [0.15, 0.2) is 18.5 Å². The Labute approximate surface area is 132 Å². The van der Waals surface area contributed by atoms with Gasteiger partial charge in [0.05, 0.1) is 14.0 Å². The minimum atomic E-state index is -3.72. The topological polar surface area (TPSA) is 83.5 Å². The van der Waals surface area contributed by atoms with Gasteiger partial charge in [0.1, 0.15) is 4.90 Å². The predicted octanol–water partition coefficient (Wildman–Crippen LogP) is 3.19. The van der Waals surface area contributed by atoms with Crippen molar-refractivity contribution in [2.75, 3.05) is 0 Å². The van der Waals surface area contributed by atoms with Crippen LogP contribution < -0.4 is 4.72 Å². The van der Waals surface area contributed by atoms with E-state index in [-0.39, 0.29) is 11.3 Å². The fourth-order valence-corrected chi connectivity index (χ4v) is 6.64. The first-order valence-corrected chi connectivity index (χ1v) is 9.33. The van der Waals surface area contributed by atoms with Crippen molar-refractivity contribution >= 4 is 59.2 Å². The van der Waals surface area contributed by atoms with E-state index in [4.69, 9.17) is 5.11 Å². The van der Waals surface area contributed by atoms with Gasteiger partial charge in [-0.3, -0.25) is 4.79 Å². The lowest BCUT2D eigenvalue weighted by atomic mass is 10.1. The molecule has 0 aliphatic rings. The van der Waals surface area contributed by atoms with Crippen molar-refractivity contribution in [3.05, 3.63) is 13.6 Å². The highest BCUT2D eigenvalue weighted by molar-refractivity contribution is 9.12. The summed E-state index contributed by atoms with van der Waals surface area (Å²) >= 11 is 7.65. The van der Waals surface area contributed by atoms with Crippen molar-refractivity contribution in [1.82, 2.24) is 4.72 Å². The lowest BCUT2D eigenvalue weighted by Crippen LogP contribution is -2.36. The average molecular weight is 435 g/mol. The molecule has 19 heavy (non-hydrogen) atoms. The Hall–Kier alpha value is 0.0400. The van der Waals surface area contributed by atoms with E-state index < -0.39 is 22.0 Å². The van der Waals surface area contributed by atoms with E-state index in [0.29, 0.717) is 20.4 Å². The summed E-state index contributed by atoms with van der Waals surface area (Å²) in [7, 11) is -3.72. The number of hydrogen-bond acceptors (Lipinski definition) is 4. The third-order valence-corrected chi connectivity index (χ3v) is 6.57. The molecule has 1 unspecified atom stereocenters. The van der Waals surface area contributed by atoms with Gasteiger partial charge in [-0.1, -0.05) is 13.3 Å². The molecule has 1 aromatic rings. The van der Waals surface area contributed by atoms with Crippen molar-refractivity contribution in [2.24, 2.45) is 0 Å². The van der Waals surface area contributed by atoms with Crippen molar-refractivity contribution in [1.29, 1.82) is 0 Å². The van der Waals surface area contributed by atoms with Gasteiger partial charge in [-0.25, -0.2) is 13.1 Å². The van der Waals surface area contributed by atoms with Gasteiger partial charge in [-0.2, -0.15) is 0 Å². The molecule has 2 N–H and O–H groups in total. The Bertz CT molecular complexity index is 556. The molecule has 1 aromatic heterocycles. The van der Waals surface area contributed by atoms with Gasteiger partial charge in [0, 0.05) is 6.04 Å². The minimum absolute atomic E-state index is 0.121. The smallest absolute Gasteiger partial charge is 0.304 e. The Morgan fingerprint density at radius 3 is 2.58 bits per heavy atom. The lowest BCUT2D eigenvalue weighted by molar-refractivity contribution is -0.137. The van der Waals surface area contributed by atoms with Gasteiger partial charge in [0.25, 0.3) is 0 Å². The number of carboxylic acids is 1. The molecule has 0 amide bonds. The molecular formula is C10H13Br2NO4S2. The molecule has 0 bridgehead atoms. The molecule has 0 radical (unpaired) electrons. The first-order valence-electron chi connectivity index (χ1n) is 5.45. The number of carbonyl (C=O) groups is 1. The zero-order chi connectivity index (χ0) is 14.6. The second kappa shape index (κ2) is 7.16. The Morgan fingerprint density at radius 1 is 1.53 bits per heavy atom. The molecule has 0 spiro atoms. The maximum absolute atomic E-state index is 12.2. The van der Waals surface area contributed by atoms with Crippen LogP contribution in [-0.2, 0) is 14.8 Å². The summed E-state index contributed by atoms with van der Waals surface area (Å²) in [4.78, 5) is 10.8. The zero-order valence-electron chi connectivity index (χ0n) is 10.0. The number of carboxylic acid groups (broad SMARTS) is 1. The van der Waals surface area contributed by atoms with Gasteiger partial charge >= 0.3 is 5.97 Å². The van der Waals surface area contributed by atoms with Gasteiger partial charge < -0.3 is 5.11 Å². The van der Waals surface area contributed by atoms with E-state index in [2.05, 4.69) is 36.6 Å². The molecule has 1 rings (SSSR count). The lowest BCUT2D eigenvalue weighted by Gasteiger charge is -2.15. The summed E-state index contributed by atoms with van der Waals surface area (Å²) in [5.41, 5.74) is 0. The molecule has 1 atom stereocenters. The number of sulfonamides is 1. The van der Waals surface area contributed by atoms with Crippen LogP contribution in [0.1, 0.15) is 26.2 Å². The van der Waals surface area contributed by atoms with Crippen LogP contribution in [-0.4, -0.2) is 25.5 Å². The van der Waals surface area contributed by atoms with Crippen molar-refractivity contribution in [3.63, 3.8) is 0 Å². The number of rotatable bonds is 7. The van der Waals surface area contributed by atoms with Crippen LogP contribution in [0.5, 0.6) is 0 Å². The summed E-state index contributed by atoms with van der Waals surface area (Å²) < 4.78 is 28.0. The van der Waals surface area contributed by atoms with Gasteiger partial charge in [-0.15, -0.1) is 11.3 Å². The highest BCUT2D eigenvalue weighted by atomic mass is 79.9. The number of hydrogen-bond donors (Lipinski definition) is 2. The molecule has 0 aromatic carbocycles. The van der Waals surface area contributed by atoms with Crippen LogP contribution in [0.25, 0.3) is 0 Å². The first-order chi connectivity index (χ1) is 8.76. The molecule has 0 fully saturated rings. The fourth-order valence-electron chi connectivity index (χ4n) is 1.55. The molecule has 5 nitrogen and oxygen atoms in total. The van der Waals surface area contributed by atoms with E-state index in [1.54, 1.807) is 0 Å². The van der Waals surface area contributed by atoms with Crippen LogP contribution >= 0.6 is 43.2 Å². The molecule has 1 heterocycles. The first kappa shape index (κ1) is 17.1. The SMILES string of the molecule is CCCC(CC(=O)O)NS(=O)(=O)c1cc(Br)sc1Br. The highest BCUT2D eigenvalue weighted by Gasteiger charge is 2.25. The minimum Gasteiger partial charge on any atom is -0.481 e. The Balaban J connectivity index is 2.93. The second-order valence-corrected chi connectivity index (χ2v) is 9.32. The normalized spacial score (nSPS) is 13.4. The monoisotopic (exact) mass is 433 g/mol. The molecular weight excluding hydrogens is 422 g/mol. The van der Waals surface area contributed by atoms with Gasteiger partial charge in [0.15, 0.2) is 0 Å². The Kier molecular flexibility index (Phi) is 6.44. The predicted molar refractivity (Wildman–Crippen MR) is 81.0 cm³/mol. The third kappa shape index (κ3) is 5.14. The summed E-state index contributed by atoms with van der Waals surface area (Å²) in [6, 6.07) is 0.888. The quantitative estimate of drug-likeness (QED) is 0.690. The molecule has 0 aliphatic heterocycles. The summed E-state index contributed by atoms with van der Waals surface area (Å²) in [5, 5.41) is 8.79. The summed E-state index contributed by atoms with van der Waals surface area (Å²) in [6.07, 6.45) is 0.958. The van der Waals surface area contributed by atoms with E-state index >= 15 is 0 Å². The average Bonchev–Trinajstić information content (AvgIpc) is 2.57. The van der Waals surface area contributed by atoms with Crippen molar-refractivity contribution in [2.45, 2.75) is 37.1 Å². The van der Waals surface area contributed by atoms with Crippen LogP contribution in [0, 0.1) is 0 Å². The summed E-state index contributed by atoms with van der Waals surface area (Å²) in [5.74, 6) is -1.02. The fraction of sp³-hybridized carbons (Fsp3) is 0.500. The van der Waals surface area contributed by atoms with Crippen molar-refractivity contribution < 1.29 is 18.3 Å². The van der Waals surface area contributed by atoms with Crippen molar-refractivity contribution in [3.8, 4) is 0 Å². The highest BCUT2D eigenvalue weighted by Crippen LogP contribution is 2.34. The van der Waals surface area contributed by atoms with Crippen LogP contribution in [0.3, 0.4) is 0 Å². The second-order valence-electron chi connectivity index (χ2n) is 3.89. The molecule has 9 heteroatoms. The van der Waals surface area contributed by atoms with Crippen LogP contribution in [0.2, 0.25) is 0 Å². The third-order valence-electron chi connectivity index (χ3n) is 2.29. The van der Waals surface area contributed by atoms with Gasteiger partial charge in [0.2, 0.25) is 10.0 Å². The number of nitrogens with one attached hydrogen (secondary N) is 1.